The van der Waals surface area contributed by atoms with Crippen LogP contribution in [0.4, 0.5) is 13.2 Å². The number of benzene rings is 2. The molecule has 1 amide bonds. The molecule has 2 aromatic rings. The van der Waals surface area contributed by atoms with E-state index in [1.165, 1.54) is 12.1 Å². The number of carbonyl (C=O) groups is 2. The average Bonchev–Trinajstić information content (AvgIpc) is 2.65. The third kappa shape index (κ3) is 6.71. The predicted octanol–water partition coefficient (Wildman–Crippen LogP) is 4.17. The fourth-order valence-corrected chi connectivity index (χ4v) is 2.76. The van der Waals surface area contributed by atoms with Crippen molar-refractivity contribution in [2.45, 2.75) is 31.5 Å². The second-order valence-corrected chi connectivity index (χ2v) is 6.37. The van der Waals surface area contributed by atoms with Crippen LogP contribution in [0.15, 0.2) is 54.6 Å². The van der Waals surface area contributed by atoms with E-state index in [1.54, 1.807) is 0 Å². The molecule has 0 aromatic heterocycles. The second-order valence-electron chi connectivity index (χ2n) is 6.10. The van der Waals surface area contributed by atoms with E-state index in [4.69, 9.17) is 11.6 Å². The van der Waals surface area contributed by atoms with E-state index < -0.39 is 17.8 Å². The second kappa shape index (κ2) is 9.55. The van der Waals surface area contributed by atoms with Crippen molar-refractivity contribution in [1.82, 2.24) is 5.32 Å². The van der Waals surface area contributed by atoms with Crippen LogP contribution in [0.3, 0.4) is 0 Å². The van der Waals surface area contributed by atoms with Crippen LogP contribution in [-0.4, -0.2) is 23.6 Å². The molecule has 2 aromatic carbocycles. The van der Waals surface area contributed by atoms with E-state index >= 15 is 0 Å². The van der Waals surface area contributed by atoms with Crippen molar-refractivity contribution in [3.8, 4) is 0 Å². The molecule has 0 fully saturated rings. The minimum absolute atomic E-state index is 0.0617. The van der Waals surface area contributed by atoms with Gasteiger partial charge in [-0.15, -0.1) is 11.6 Å². The Morgan fingerprint density at radius 3 is 2.15 bits per heavy atom. The maximum absolute atomic E-state index is 12.6. The molecule has 0 unspecified atom stereocenters. The number of alkyl halides is 4. The van der Waals surface area contributed by atoms with Gasteiger partial charge in [0, 0.05) is 6.42 Å². The summed E-state index contributed by atoms with van der Waals surface area (Å²) in [6.07, 6.45) is -3.72. The molecule has 0 aliphatic carbocycles. The summed E-state index contributed by atoms with van der Waals surface area (Å²) < 4.78 is 37.7. The molecule has 144 valence electrons. The number of carbonyl (C=O) groups excluding carboxylic acids is 2. The molecular formula is C20H19ClF3NO2. The third-order valence-electron chi connectivity index (χ3n) is 4.06. The van der Waals surface area contributed by atoms with Crippen LogP contribution in [0.2, 0.25) is 0 Å². The zero-order valence-electron chi connectivity index (χ0n) is 14.4. The lowest BCUT2D eigenvalue weighted by Crippen LogP contribution is -2.43. The summed E-state index contributed by atoms with van der Waals surface area (Å²) >= 11 is 5.63. The van der Waals surface area contributed by atoms with E-state index in [0.717, 1.165) is 17.7 Å². The summed E-state index contributed by atoms with van der Waals surface area (Å²) in [6, 6.07) is 13.2. The Bertz CT molecular complexity index is 761. The molecule has 2 rings (SSSR count). The molecule has 0 saturated carbocycles. The number of ketones is 1. The molecule has 3 nitrogen and oxygen atoms in total. The van der Waals surface area contributed by atoms with Gasteiger partial charge >= 0.3 is 6.18 Å². The highest BCUT2D eigenvalue weighted by Crippen LogP contribution is 2.29. The van der Waals surface area contributed by atoms with Gasteiger partial charge in [-0.3, -0.25) is 9.59 Å². The highest BCUT2D eigenvalue weighted by molar-refractivity contribution is 6.28. The van der Waals surface area contributed by atoms with Gasteiger partial charge in [-0.2, -0.15) is 13.2 Å². The van der Waals surface area contributed by atoms with Gasteiger partial charge in [-0.1, -0.05) is 42.5 Å². The Balaban J connectivity index is 1.92. The van der Waals surface area contributed by atoms with Crippen LogP contribution < -0.4 is 5.32 Å². The number of hydrogen-bond acceptors (Lipinski definition) is 2. The third-order valence-corrected chi connectivity index (χ3v) is 4.32. The van der Waals surface area contributed by atoms with Gasteiger partial charge in [-0.25, -0.2) is 0 Å². The molecule has 0 radical (unpaired) electrons. The van der Waals surface area contributed by atoms with Gasteiger partial charge in [0.15, 0.2) is 5.78 Å². The molecule has 1 atom stereocenters. The van der Waals surface area contributed by atoms with E-state index in [1.807, 2.05) is 30.3 Å². The number of rotatable bonds is 8. The minimum atomic E-state index is -4.39. The monoisotopic (exact) mass is 397 g/mol. The van der Waals surface area contributed by atoms with Crippen molar-refractivity contribution < 1.29 is 22.8 Å². The number of Topliss-reactive ketones (excluding diaryl/α,β-unsaturated/α-hetero) is 1. The van der Waals surface area contributed by atoms with Gasteiger partial charge in [0.25, 0.3) is 0 Å². The molecular weight excluding hydrogens is 379 g/mol. The van der Waals surface area contributed by atoms with Crippen LogP contribution in [0, 0.1) is 0 Å². The lowest BCUT2D eigenvalue weighted by molar-refractivity contribution is -0.137. The Morgan fingerprint density at radius 1 is 0.963 bits per heavy atom. The van der Waals surface area contributed by atoms with Crippen molar-refractivity contribution in [1.29, 1.82) is 0 Å². The summed E-state index contributed by atoms with van der Waals surface area (Å²) in [5.74, 6) is -0.853. The lowest BCUT2D eigenvalue weighted by atomic mass is 10.0. The topological polar surface area (TPSA) is 46.2 Å². The first kappa shape index (κ1) is 21.0. The van der Waals surface area contributed by atoms with E-state index in [9.17, 15) is 22.8 Å². The summed E-state index contributed by atoms with van der Waals surface area (Å²) in [7, 11) is 0. The summed E-state index contributed by atoms with van der Waals surface area (Å²) in [4.78, 5) is 24.2. The SMILES string of the molecule is O=C(CCc1ccc(C(F)(F)F)cc1)N[C@@H](Cc1ccccc1)C(=O)CCl. The van der Waals surface area contributed by atoms with Gasteiger partial charge in [0.05, 0.1) is 17.5 Å². The van der Waals surface area contributed by atoms with Crippen LogP contribution in [0.5, 0.6) is 0 Å². The van der Waals surface area contributed by atoms with Gasteiger partial charge in [0.1, 0.15) is 0 Å². The Morgan fingerprint density at radius 2 is 1.59 bits per heavy atom. The van der Waals surface area contributed by atoms with Crippen LogP contribution in [0.1, 0.15) is 23.1 Å². The zero-order chi connectivity index (χ0) is 19.9. The average molecular weight is 398 g/mol. The van der Waals surface area contributed by atoms with Crippen molar-refractivity contribution >= 4 is 23.3 Å². The van der Waals surface area contributed by atoms with E-state index in [0.29, 0.717) is 12.0 Å². The lowest BCUT2D eigenvalue weighted by Gasteiger charge is -2.17. The number of halogens is 4. The van der Waals surface area contributed by atoms with Crippen molar-refractivity contribution in [3.63, 3.8) is 0 Å². The molecule has 1 N–H and O–H groups in total. The number of hydrogen-bond donors (Lipinski definition) is 1. The van der Waals surface area contributed by atoms with E-state index in [2.05, 4.69) is 5.32 Å². The largest absolute Gasteiger partial charge is 0.416 e. The molecule has 7 heteroatoms. The Hall–Kier alpha value is -2.34. The standard InChI is InChI=1S/C20H19ClF3NO2/c21-13-18(26)17(12-15-4-2-1-3-5-15)25-19(27)11-8-14-6-9-16(10-7-14)20(22,23)24/h1-7,9-10,17H,8,11-13H2,(H,25,27)/t17-/m0/s1. The maximum Gasteiger partial charge on any atom is 0.416 e. The quantitative estimate of drug-likeness (QED) is 0.679. The fraction of sp³-hybridized carbons (Fsp3) is 0.300. The van der Waals surface area contributed by atoms with Gasteiger partial charge in [0.2, 0.25) is 5.91 Å². The van der Waals surface area contributed by atoms with Crippen LogP contribution in [0.25, 0.3) is 0 Å². The van der Waals surface area contributed by atoms with Gasteiger partial charge in [-0.05, 0) is 36.1 Å². The normalized spacial score (nSPS) is 12.4. The fourth-order valence-electron chi connectivity index (χ4n) is 2.57. The maximum atomic E-state index is 12.6. The van der Waals surface area contributed by atoms with Crippen molar-refractivity contribution in [3.05, 3.63) is 71.3 Å². The van der Waals surface area contributed by atoms with E-state index in [-0.39, 0.29) is 30.4 Å². The summed E-state index contributed by atoms with van der Waals surface area (Å²) in [5.41, 5.74) is 0.775. The first-order valence-corrected chi connectivity index (χ1v) is 8.91. The molecule has 0 aliphatic rings. The predicted molar refractivity (Wildman–Crippen MR) is 97.6 cm³/mol. The summed E-state index contributed by atoms with van der Waals surface area (Å²) in [6.45, 7) is 0. The molecule has 27 heavy (non-hydrogen) atoms. The molecule has 0 bridgehead atoms. The minimum Gasteiger partial charge on any atom is -0.346 e. The van der Waals surface area contributed by atoms with Gasteiger partial charge < -0.3 is 5.32 Å². The molecule has 0 saturated heterocycles. The first-order chi connectivity index (χ1) is 12.8. The van der Waals surface area contributed by atoms with Crippen molar-refractivity contribution in [2.75, 3.05) is 5.88 Å². The number of nitrogens with one attached hydrogen (secondary N) is 1. The summed E-state index contributed by atoms with van der Waals surface area (Å²) in [5, 5.41) is 2.67. The van der Waals surface area contributed by atoms with Crippen LogP contribution >= 0.6 is 11.6 Å². The molecule has 0 aliphatic heterocycles. The highest BCUT2D eigenvalue weighted by atomic mass is 35.5. The highest BCUT2D eigenvalue weighted by Gasteiger charge is 2.29. The Labute approximate surface area is 160 Å². The zero-order valence-corrected chi connectivity index (χ0v) is 15.2. The first-order valence-electron chi connectivity index (χ1n) is 8.37. The van der Waals surface area contributed by atoms with Crippen molar-refractivity contribution in [2.24, 2.45) is 0 Å². The molecule has 0 heterocycles. The smallest absolute Gasteiger partial charge is 0.346 e. The Kier molecular flexibility index (Phi) is 7.42. The number of amides is 1. The number of aryl methyl sites for hydroxylation is 1. The van der Waals surface area contributed by atoms with Crippen LogP contribution in [-0.2, 0) is 28.6 Å². The molecule has 0 spiro atoms.